The topological polar surface area (TPSA) is 62.1 Å². The standard InChI is InChI=1S/C22H22N2O2S2/c1-15-3-7-17(8-4-15)26-11-12-28-22-20(14-23)19(13-21(25)24-22)16-5-9-18(27-2)10-6-16/h3-10,19H,11-13H2,1-2H3,(H,24,25)/t19-/m1/s1. The van der Waals surface area contributed by atoms with Crippen LogP contribution in [0.3, 0.4) is 0 Å². The van der Waals surface area contributed by atoms with E-state index in [-0.39, 0.29) is 11.8 Å². The lowest BCUT2D eigenvalue weighted by atomic mass is 9.87. The second kappa shape index (κ2) is 9.72. The lowest BCUT2D eigenvalue weighted by molar-refractivity contribution is -0.120. The molecule has 6 heteroatoms. The molecule has 4 nitrogen and oxygen atoms in total. The van der Waals surface area contributed by atoms with Gasteiger partial charge in [-0.25, -0.2) is 0 Å². The maximum absolute atomic E-state index is 12.2. The SMILES string of the molecule is CSc1ccc([C@H]2CC(=O)NC(SCCOc3ccc(C)cc3)=C2C#N)cc1. The van der Waals surface area contributed by atoms with Gasteiger partial charge in [0.15, 0.2) is 0 Å². The van der Waals surface area contributed by atoms with E-state index in [0.29, 0.717) is 29.4 Å². The molecule has 2 aromatic rings. The smallest absolute Gasteiger partial charge is 0.225 e. The summed E-state index contributed by atoms with van der Waals surface area (Å²) in [6, 6.07) is 18.3. The average Bonchev–Trinajstić information content (AvgIpc) is 2.72. The normalized spacial score (nSPS) is 16.5. The van der Waals surface area contributed by atoms with Gasteiger partial charge in [0.25, 0.3) is 0 Å². The number of carbonyl (C=O) groups excluding carboxylic acids is 1. The van der Waals surface area contributed by atoms with E-state index in [1.807, 2.05) is 61.7 Å². The molecule has 0 spiro atoms. The van der Waals surface area contributed by atoms with Crippen LogP contribution in [0.25, 0.3) is 0 Å². The third kappa shape index (κ3) is 5.12. The zero-order valence-corrected chi connectivity index (χ0v) is 17.5. The van der Waals surface area contributed by atoms with Gasteiger partial charge in [-0.2, -0.15) is 5.26 Å². The van der Waals surface area contributed by atoms with Gasteiger partial charge >= 0.3 is 0 Å². The second-order valence-corrected chi connectivity index (χ2v) is 8.43. The molecule has 0 unspecified atom stereocenters. The number of hydrogen-bond acceptors (Lipinski definition) is 5. The van der Waals surface area contributed by atoms with Crippen LogP contribution in [0.5, 0.6) is 5.75 Å². The van der Waals surface area contributed by atoms with Crippen LogP contribution in [0.1, 0.15) is 23.5 Å². The van der Waals surface area contributed by atoms with Crippen molar-refractivity contribution >= 4 is 29.4 Å². The number of aryl methyl sites for hydroxylation is 1. The molecule has 0 bridgehead atoms. The molecular formula is C22H22N2O2S2. The molecule has 1 atom stereocenters. The van der Waals surface area contributed by atoms with Gasteiger partial charge in [-0.3, -0.25) is 4.79 Å². The van der Waals surface area contributed by atoms with E-state index < -0.39 is 0 Å². The van der Waals surface area contributed by atoms with Crippen LogP contribution in [0.15, 0.2) is 64.0 Å². The molecule has 0 saturated carbocycles. The Morgan fingerprint density at radius 2 is 1.89 bits per heavy atom. The largest absolute Gasteiger partial charge is 0.493 e. The minimum Gasteiger partial charge on any atom is -0.493 e. The molecule has 1 amide bonds. The minimum absolute atomic E-state index is 0.0557. The average molecular weight is 411 g/mol. The van der Waals surface area contributed by atoms with Crippen LogP contribution in [0.2, 0.25) is 0 Å². The highest BCUT2D eigenvalue weighted by Gasteiger charge is 2.29. The van der Waals surface area contributed by atoms with E-state index >= 15 is 0 Å². The second-order valence-electron chi connectivity index (χ2n) is 6.44. The molecule has 0 fully saturated rings. The van der Waals surface area contributed by atoms with E-state index in [9.17, 15) is 10.1 Å². The molecule has 1 heterocycles. The highest BCUT2D eigenvalue weighted by molar-refractivity contribution is 8.03. The van der Waals surface area contributed by atoms with Crippen molar-refractivity contribution in [3.63, 3.8) is 0 Å². The van der Waals surface area contributed by atoms with Gasteiger partial charge in [-0.05, 0) is 43.0 Å². The fraction of sp³-hybridized carbons (Fsp3) is 0.273. The van der Waals surface area contributed by atoms with E-state index in [2.05, 4.69) is 11.4 Å². The van der Waals surface area contributed by atoms with Gasteiger partial charge in [0.05, 0.1) is 23.3 Å². The Balaban J connectivity index is 1.68. The minimum atomic E-state index is -0.199. The number of amides is 1. The summed E-state index contributed by atoms with van der Waals surface area (Å²) in [6.45, 7) is 2.53. The summed E-state index contributed by atoms with van der Waals surface area (Å²) >= 11 is 3.13. The van der Waals surface area contributed by atoms with Gasteiger partial charge in [0.2, 0.25) is 5.91 Å². The fourth-order valence-corrected chi connectivity index (χ4v) is 4.30. The van der Waals surface area contributed by atoms with Gasteiger partial charge in [-0.1, -0.05) is 29.8 Å². The molecule has 0 saturated heterocycles. The number of ether oxygens (including phenoxy) is 1. The predicted molar refractivity (Wildman–Crippen MR) is 115 cm³/mol. The lowest BCUT2D eigenvalue weighted by Gasteiger charge is -2.25. The number of hydrogen-bond donors (Lipinski definition) is 1. The molecule has 1 N–H and O–H groups in total. The quantitative estimate of drug-likeness (QED) is 0.521. The van der Waals surface area contributed by atoms with Crippen molar-refractivity contribution in [1.29, 1.82) is 5.26 Å². The maximum atomic E-state index is 12.2. The van der Waals surface area contributed by atoms with Crippen molar-refractivity contribution in [3.05, 3.63) is 70.3 Å². The third-order valence-electron chi connectivity index (χ3n) is 4.49. The summed E-state index contributed by atoms with van der Waals surface area (Å²) < 4.78 is 5.74. The molecule has 144 valence electrons. The zero-order chi connectivity index (χ0) is 19.9. The first-order chi connectivity index (χ1) is 13.6. The molecule has 1 aliphatic heterocycles. The highest BCUT2D eigenvalue weighted by atomic mass is 32.2. The Labute approximate surface area is 174 Å². The van der Waals surface area contributed by atoms with E-state index in [1.54, 1.807) is 11.8 Å². The number of carbonyl (C=O) groups is 1. The van der Waals surface area contributed by atoms with Crippen LogP contribution in [-0.4, -0.2) is 24.5 Å². The number of allylic oxidation sites excluding steroid dienone is 1. The van der Waals surface area contributed by atoms with Crippen molar-refractivity contribution in [1.82, 2.24) is 5.32 Å². The van der Waals surface area contributed by atoms with E-state index in [4.69, 9.17) is 4.74 Å². The monoisotopic (exact) mass is 410 g/mol. The maximum Gasteiger partial charge on any atom is 0.225 e. The molecule has 1 aliphatic rings. The first kappa shape index (κ1) is 20.4. The first-order valence-electron chi connectivity index (χ1n) is 9.01. The van der Waals surface area contributed by atoms with Gasteiger partial charge in [0.1, 0.15) is 5.75 Å². The molecule has 0 radical (unpaired) electrons. The summed E-state index contributed by atoms with van der Waals surface area (Å²) in [5, 5.41) is 13.2. The zero-order valence-electron chi connectivity index (χ0n) is 15.9. The van der Waals surface area contributed by atoms with Crippen molar-refractivity contribution in [3.8, 4) is 11.8 Å². The summed E-state index contributed by atoms with van der Waals surface area (Å²) in [7, 11) is 0. The fourth-order valence-electron chi connectivity index (χ4n) is 2.99. The summed E-state index contributed by atoms with van der Waals surface area (Å²) in [6.07, 6.45) is 2.32. The molecule has 3 rings (SSSR count). The van der Waals surface area contributed by atoms with Gasteiger partial charge < -0.3 is 10.1 Å². The number of nitrogens with zero attached hydrogens (tertiary/aromatic N) is 1. The van der Waals surface area contributed by atoms with Crippen LogP contribution in [-0.2, 0) is 4.79 Å². The van der Waals surface area contributed by atoms with Crippen molar-refractivity contribution < 1.29 is 9.53 Å². The Morgan fingerprint density at radius 3 is 2.54 bits per heavy atom. The van der Waals surface area contributed by atoms with Crippen LogP contribution in [0, 0.1) is 18.3 Å². The number of thioether (sulfide) groups is 2. The molecule has 28 heavy (non-hydrogen) atoms. The highest BCUT2D eigenvalue weighted by Crippen LogP contribution is 2.36. The number of nitriles is 1. The van der Waals surface area contributed by atoms with Gasteiger partial charge in [-0.15, -0.1) is 23.5 Å². The summed E-state index contributed by atoms with van der Waals surface area (Å²) in [5.74, 6) is 1.21. The Kier molecular flexibility index (Phi) is 7.07. The molecule has 2 aromatic carbocycles. The third-order valence-corrected chi connectivity index (χ3v) is 6.22. The number of nitrogens with one attached hydrogen (secondary N) is 1. The first-order valence-corrected chi connectivity index (χ1v) is 11.2. The Hall–Kier alpha value is -2.36. The molecule has 0 aliphatic carbocycles. The molecule has 0 aromatic heterocycles. The predicted octanol–water partition coefficient (Wildman–Crippen LogP) is 4.87. The van der Waals surface area contributed by atoms with Crippen molar-refractivity contribution in [2.45, 2.75) is 24.2 Å². The van der Waals surface area contributed by atoms with E-state index in [0.717, 1.165) is 16.2 Å². The van der Waals surface area contributed by atoms with Crippen LogP contribution < -0.4 is 10.1 Å². The molecular weight excluding hydrogens is 388 g/mol. The lowest BCUT2D eigenvalue weighted by Crippen LogP contribution is -2.31. The number of benzene rings is 2. The van der Waals surface area contributed by atoms with Crippen LogP contribution >= 0.6 is 23.5 Å². The summed E-state index contributed by atoms with van der Waals surface area (Å²) in [4.78, 5) is 13.4. The Bertz CT molecular complexity index is 900. The van der Waals surface area contributed by atoms with Crippen molar-refractivity contribution in [2.24, 2.45) is 0 Å². The van der Waals surface area contributed by atoms with E-state index in [1.165, 1.54) is 17.3 Å². The van der Waals surface area contributed by atoms with Crippen LogP contribution in [0.4, 0.5) is 0 Å². The number of rotatable bonds is 7. The van der Waals surface area contributed by atoms with Crippen molar-refractivity contribution in [2.75, 3.05) is 18.6 Å². The van der Waals surface area contributed by atoms with Gasteiger partial charge in [0, 0.05) is 23.0 Å². The summed E-state index contributed by atoms with van der Waals surface area (Å²) in [5.41, 5.74) is 2.81. The Morgan fingerprint density at radius 1 is 1.18 bits per heavy atom.